The minimum atomic E-state index is -0.0324. The number of benzene rings is 3. The number of nitrogens with two attached hydrogens (primary N) is 1. The van der Waals surface area contributed by atoms with Crippen LogP contribution in [-0.4, -0.2) is 25.3 Å². The molecule has 6 heteroatoms. The zero-order chi connectivity index (χ0) is 20.4. The monoisotopic (exact) mass is 385 g/mol. The van der Waals surface area contributed by atoms with Gasteiger partial charge in [-0.1, -0.05) is 42.5 Å². The van der Waals surface area contributed by atoms with Gasteiger partial charge in [-0.25, -0.2) is 9.97 Å². The van der Waals surface area contributed by atoms with Crippen LogP contribution in [0.25, 0.3) is 33.6 Å². The van der Waals surface area contributed by atoms with Crippen molar-refractivity contribution in [2.24, 2.45) is 0 Å². The molecule has 0 aliphatic carbocycles. The van der Waals surface area contributed by atoms with Gasteiger partial charge in [-0.05, 0) is 47.0 Å². The number of aromatic nitrogens is 2. The molecule has 0 saturated heterocycles. The third-order valence-electron chi connectivity index (χ3n) is 4.65. The summed E-state index contributed by atoms with van der Waals surface area (Å²) in [5.74, 6) is 0.360. The fourth-order valence-electron chi connectivity index (χ4n) is 3.11. The van der Waals surface area contributed by atoms with Crippen LogP contribution in [0.1, 0.15) is 5.56 Å². The summed E-state index contributed by atoms with van der Waals surface area (Å²) < 4.78 is 0. The van der Waals surface area contributed by atoms with Gasteiger partial charge in [0.1, 0.15) is 11.5 Å². The number of nitrogens with zero attached hydrogens (tertiary/aromatic N) is 2. The highest BCUT2D eigenvalue weighted by Gasteiger charge is 2.12. The number of aromatic hydroxyl groups is 2. The molecule has 4 aromatic rings. The van der Waals surface area contributed by atoms with Gasteiger partial charge >= 0.3 is 0 Å². The van der Waals surface area contributed by atoms with Crippen LogP contribution in [0.2, 0.25) is 0 Å². The van der Waals surface area contributed by atoms with Crippen molar-refractivity contribution in [1.82, 2.24) is 9.97 Å². The first-order valence-corrected chi connectivity index (χ1v) is 9.01. The second-order valence-electron chi connectivity index (χ2n) is 6.63. The van der Waals surface area contributed by atoms with E-state index in [9.17, 15) is 15.3 Å². The van der Waals surface area contributed by atoms with E-state index in [0.29, 0.717) is 17.0 Å². The molecule has 1 heterocycles. The summed E-state index contributed by atoms with van der Waals surface area (Å²) in [5.41, 5.74) is 11.0. The Labute approximate surface area is 167 Å². The number of rotatable bonds is 4. The zero-order valence-electron chi connectivity index (χ0n) is 15.4. The van der Waals surface area contributed by atoms with Crippen molar-refractivity contribution >= 4 is 5.95 Å². The van der Waals surface area contributed by atoms with Crippen LogP contribution < -0.4 is 5.73 Å². The topological polar surface area (TPSA) is 112 Å². The number of aliphatic hydroxyl groups is 1. The molecule has 6 nitrogen and oxygen atoms in total. The summed E-state index contributed by atoms with van der Waals surface area (Å²) in [6, 6.07) is 21.1. The molecule has 0 aliphatic heterocycles. The fraction of sp³-hybridized carbons (Fsp3) is 0.0435. The molecule has 0 atom stereocenters. The highest BCUT2D eigenvalue weighted by molar-refractivity contribution is 5.78. The molecule has 144 valence electrons. The van der Waals surface area contributed by atoms with Gasteiger partial charge in [-0.2, -0.15) is 0 Å². The molecule has 29 heavy (non-hydrogen) atoms. The van der Waals surface area contributed by atoms with Crippen molar-refractivity contribution in [2.75, 3.05) is 5.73 Å². The van der Waals surface area contributed by atoms with Crippen molar-refractivity contribution in [3.63, 3.8) is 0 Å². The standard InChI is InChI=1S/C23H19N3O3/c24-23-25-20(16-3-1-14(13-27)2-4-16)12-21(26-23)19-11-17(7-10-22(19)29)15-5-8-18(28)9-6-15/h1-12,27-29H,13H2,(H2,24,25,26). The maximum atomic E-state index is 10.4. The Morgan fingerprint density at radius 2 is 1.31 bits per heavy atom. The highest BCUT2D eigenvalue weighted by atomic mass is 16.3. The predicted molar refractivity (Wildman–Crippen MR) is 112 cm³/mol. The van der Waals surface area contributed by atoms with Crippen molar-refractivity contribution in [2.45, 2.75) is 6.61 Å². The van der Waals surface area contributed by atoms with Gasteiger partial charge in [0.25, 0.3) is 0 Å². The number of hydrogen-bond acceptors (Lipinski definition) is 6. The molecule has 0 spiro atoms. The molecule has 0 bridgehead atoms. The van der Waals surface area contributed by atoms with Gasteiger partial charge in [-0.15, -0.1) is 0 Å². The summed E-state index contributed by atoms with van der Waals surface area (Å²) >= 11 is 0. The molecule has 1 aromatic heterocycles. The van der Waals surface area contributed by atoms with Crippen LogP contribution in [0.3, 0.4) is 0 Å². The maximum Gasteiger partial charge on any atom is 0.221 e. The van der Waals surface area contributed by atoms with E-state index in [1.54, 1.807) is 42.5 Å². The molecule has 0 saturated carbocycles. The first-order chi connectivity index (χ1) is 14.0. The summed E-state index contributed by atoms with van der Waals surface area (Å²) in [5, 5.41) is 29.1. The molecule has 0 fully saturated rings. The Morgan fingerprint density at radius 3 is 2.00 bits per heavy atom. The highest BCUT2D eigenvalue weighted by Crippen LogP contribution is 2.34. The average molecular weight is 385 g/mol. The lowest BCUT2D eigenvalue weighted by atomic mass is 9.99. The molecule has 0 aliphatic rings. The van der Waals surface area contributed by atoms with Gasteiger partial charge in [-0.3, -0.25) is 0 Å². The zero-order valence-corrected chi connectivity index (χ0v) is 15.4. The molecular formula is C23H19N3O3. The molecule has 5 N–H and O–H groups in total. The van der Waals surface area contributed by atoms with Gasteiger partial charge < -0.3 is 21.1 Å². The predicted octanol–water partition coefficient (Wildman–Crippen LogP) is 3.96. The van der Waals surface area contributed by atoms with Crippen LogP contribution in [0.4, 0.5) is 5.95 Å². The Morgan fingerprint density at radius 1 is 0.690 bits per heavy atom. The third-order valence-corrected chi connectivity index (χ3v) is 4.65. The minimum absolute atomic E-state index is 0.0324. The van der Waals surface area contributed by atoms with Gasteiger partial charge in [0, 0.05) is 11.1 Å². The summed E-state index contributed by atoms with van der Waals surface area (Å²) in [7, 11) is 0. The minimum Gasteiger partial charge on any atom is -0.508 e. The molecule has 3 aromatic carbocycles. The molecule has 0 amide bonds. The van der Waals surface area contributed by atoms with E-state index >= 15 is 0 Å². The summed E-state index contributed by atoms with van der Waals surface area (Å²) in [6.07, 6.45) is 0. The number of hydrogen-bond donors (Lipinski definition) is 4. The van der Waals surface area contributed by atoms with E-state index in [1.165, 1.54) is 0 Å². The largest absolute Gasteiger partial charge is 0.508 e. The number of phenols is 2. The third kappa shape index (κ3) is 3.88. The lowest BCUT2D eigenvalue weighted by Crippen LogP contribution is -1.99. The second-order valence-corrected chi connectivity index (χ2v) is 6.63. The fourth-order valence-corrected chi connectivity index (χ4v) is 3.11. The lowest BCUT2D eigenvalue weighted by Gasteiger charge is -2.10. The van der Waals surface area contributed by atoms with Crippen molar-refractivity contribution in [1.29, 1.82) is 0 Å². The van der Waals surface area contributed by atoms with Crippen LogP contribution in [-0.2, 0) is 6.61 Å². The SMILES string of the molecule is Nc1nc(-c2ccc(CO)cc2)cc(-c2cc(-c3ccc(O)cc3)ccc2O)n1. The van der Waals surface area contributed by atoms with E-state index in [0.717, 1.165) is 22.3 Å². The molecule has 0 unspecified atom stereocenters. The van der Waals surface area contributed by atoms with E-state index in [4.69, 9.17) is 5.73 Å². The Bertz CT molecular complexity index is 1160. The van der Waals surface area contributed by atoms with Crippen molar-refractivity contribution in [3.8, 4) is 45.1 Å². The lowest BCUT2D eigenvalue weighted by molar-refractivity contribution is 0.282. The smallest absolute Gasteiger partial charge is 0.221 e. The van der Waals surface area contributed by atoms with E-state index in [1.807, 2.05) is 30.3 Å². The normalized spacial score (nSPS) is 10.8. The number of anilines is 1. The molecular weight excluding hydrogens is 366 g/mol. The Balaban J connectivity index is 1.79. The first kappa shape index (κ1) is 18.5. The Hall–Kier alpha value is -3.90. The van der Waals surface area contributed by atoms with E-state index < -0.39 is 0 Å². The summed E-state index contributed by atoms with van der Waals surface area (Å²) in [4.78, 5) is 8.60. The van der Waals surface area contributed by atoms with E-state index in [2.05, 4.69) is 9.97 Å². The first-order valence-electron chi connectivity index (χ1n) is 9.01. The van der Waals surface area contributed by atoms with Crippen LogP contribution in [0.15, 0.2) is 72.8 Å². The van der Waals surface area contributed by atoms with E-state index in [-0.39, 0.29) is 24.1 Å². The van der Waals surface area contributed by atoms with Gasteiger partial charge in [0.2, 0.25) is 5.95 Å². The van der Waals surface area contributed by atoms with Crippen molar-refractivity contribution in [3.05, 3.63) is 78.4 Å². The quantitative estimate of drug-likeness (QED) is 0.423. The molecule has 0 radical (unpaired) electrons. The second kappa shape index (κ2) is 7.61. The van der Waals surface area contributed by atoms with Crippen LogP contribution in [0, 0.1) is 0 Å². The number of nitrogen functional groups attached to an aromatic ring is 1. The number of aliphatic hydroxyl groups excluding tert-OH is 1. The van der Waals surface area contributed by atoms with Gasteiger partial charge in [0.05, 0.1) is 18.0 Å². The van der Waals surface area contributed by atoms with Crippen LogP contribution in [0.5, 0.6) is 11.5 Å². The average Bonchev–Trinajstić information content (AvgIpc) is 2.74. The maximum absolute atomic E-state index is 10.4. The van der Waals surface area contributed by atoms with Crippen molar-refractivity contribution < 1.29 is 15.3 Å². The van der Waals surface area contributed by atoms with Gasteiger partial charge in [0.15, 0.2) is 0 Å². The van der Waals surface area contributed by atoms with Crippen LogP contribution >= 0.6 is 0 Å². The number of phenolic OH excluding ortho intramolecular Hbond substituents is 2. The summed E-state index contributed by atoms with van der Waals surface area (Å²) in [6.45, 7) is -0.0324. The Kier molecular flexibility index (Phi) is 4.85. The molecule has 4 rings (SSSR count).